The molecule has 2 heterocycles. The Morgan fingerprint density at radius 1 is 1.15 bits per heavy atom. The minimum absolute atomic E-state index is 0.0250. The number of benzene rings is 2. The minimum Gasteiger partial charge on any atom is -0.366 e. The third kappa shape index (κ3) is 4.38. The van der Waals surface area contributed by atoms with Crippen LogP contribution in [0, 0.1) is 0 Å². The van der Waals surface area contributed by atoms with Gasteiger partial charge in [0.1, 0.15) is 6.04 Å². The zero-order valence-corrected chi connectivity index (χ0v) is 17.9. The third-order valence-corrected chi connectivity index (χ3v) is 5.79. The van der Waals surface area contributed by atoms with E-state index in [0.29, 0.717) is 0 Å². The molecule has 1 fully saturated rings. The first-order valence-electron chi connectivity index (χ1n) is 9.84. The van der Waals surface area contributed by atoms with Crippen LogP contribution in [0.2, 0.25) is 5.02 Å². The van der Waals surface area contributed by atoms with Crippen molar-refractivity contribution in [3.63, 3.8) is 0 Å². The van der Waals surface area contributed by atoms with Crippen LogP contribution in [0.5, 0.6) is 0 Å². The summed E-state index contributed by atoms with van der Waals surface area (Å²) in [6.45, 7) is 0.0595. The van der Waals surface area contributed by atoms with Crippen LogP contribution in [-0.2, 0) is 22.3 Å². The molecule has 2 atom stereocenters. The molecule has 7 nitrogen and oxygen atoms in total. The first-order valence-corrected chi connectivity index (χ1v) is 10.2. The highest BCUT2D eigenvalue weighted by molar-refractivity contribution is 6.34. The van der Waals surface area contributed by atoms with Gasteiger partial charge in [-0.05, 0) is 23.8 Å². The number of rotatable bonds is 4. The predicted molar refractivity (Wildman–Crippen MR) is 114 cm³/mol. The molecular weight excluding hydrogens is 461 g/mol. The molecule has 2 aliphatic rings. The van der Waals surface area contributed by atoms with Crippen LogP contribution in [-0.4, -0.2) is 46.8 Å². The van der Waals surface area contributed by atoms with Crippen molar-refractivity contribution in [1.29, 1.82) is 0 Å². The second kappa shape index (κ2) is 8.43. The summed E-state index contributed by atoms with van der Waals surface area (Å²) in [4.78, 5) is 41.2. The number of anilines is 1. The maximum Gasteiger partial charge on any atom is 0.416 e. The summed E-state index contributed by atoms with van der Waals surface area (Å²) in [6, 6.07) is 9.00. The van der Waals surface area contributed by atoms with Crippen molar-refractivity contribution < 1.29 is 27.6 Å². The second-order valence-corrected chi connectivity index (χ2v) is 8.09. The van der Waals surface area contributed by atoms with E-state index in [1.807, 2.05) is 6.07 Å². The van der Waals surface area contributed by atoms with Crippen molar-refractivity contribution in [1.82, 2.24) is 15.1 Å². The fourth-order valence-corrected chi connectivity index (χ4v) is 4.00. The Hall–Kier alpha value is -3.53. The molecule has 2 aliphatic heterocycles. The predicted octanol–water partition coefficient (Wildman–Crippen LogP) is 3.62. The summed E-state index contributed by atoms with van der Waals surface area (Å²) >= 11 is 5.96. The normalized spacial score (nSPS) is 20.3. The first kappa shape index (κ1) is 22.7. The lowest BCUT2D eigenvalue weighted by molar-refractivity contribution is -0.137. The smallest absolute Gasteiger partial charge is 0.366 e. The Morgan fingerprint density at radius 3 is 2.52 bits per heavy atom. The summed E-state index contributed by atoms with van der Waals surface area (Å²) in [5.74, 6) is -1.27. The van der Waals surface area contributed by atoms with Crippen LogP contribution in [0.3, 0.4) is 0 Å². The average Bonchev–Trinajstić information content (AvgIpc) is 3.08. The molecule has 0 radical (unpaired) electrons. The van der Waals surface area contributed by atoms with E-state index in [0.717, 1.165) is 28.7 Å². The number of halogens is 4. The van der Waals surface area contributed by atoms with E-state index in [1.165, 1.54) is 11.1 Å². The number of likely N-dealkylation sites (N-methyl/N-ethyl adjacent to an activating group) is 1. The van der Waals surface area contributed by atoms with Crippen molar-refractivity contribution in [2.45, 2.75) is 24.8 Å². The summed E-state index contributed by atoms with van der Waals surface area (Å²) < 4.78 is 39.1. The SMILES string of the molecule is CN1C=C(C(=O)Nc2cc(C(F)(F)F)ccc2Cl)C2NC(=O)N(Cc3ccccc3)C(=O)C21. The highest BCUT2D eigenvalue weighted by Crippen LogP contribution is 2.35. The molecule has 4 amide bonds. The highest BCUT2D eigenvalue weighted by atomic mass is 35.5. The number of hydrogen-bond acceptors (Lipinski definition) is 4. The van der Waals surface area contributed by atoms with Gasteiger partial charge < -0.3 is 15.5 Å². The van der Waals surface area contributed by atoms with Gasteiger partial charge in [-0.2, -0.15) is 13.2 Å². The quantitative estimate of drug-likeness (QED) is 0.703. The van der Waals surface area contributed by atoms with E-state index in [2.05, 4.69) is 10.6 Å². The minimum atomic E-state index is -4.62. The lowest BCUT2D eigenvalue weighted by Crippen LogP contribution is -2.64. The van der Waals surface area contributed by atoms with Gasteiger partial charge in [0, 0.05) is 13.2 Å². The van der Waals surface area contributed by atoms with Crippen LogP contribution in [0.25, 0.3) is 0 Å². The van der Waals surface area contributed by atoms with Gasteiger partial charge >= 0.3 is 12.2 Å². The molecule has 33 heavy (non-hydrogen) atoms. The number of imide groups is 1. The molecule has 0 spiro atoms. The van der Waals surface area contributed by atoms with Gasteiger partial charge in [-0.3, -0.25) is 14.5 Å². The molecular formula is C22H18ClF3N4O3. The Balaban J connectivity index is 1.54. The zero-order chi connectivity index (χ0) is 23.9. The molecule has 0 bridgehead atoms. The van der Waals surface area contributed by atoms with Crippen molar-refractivity contribution >= 4 is 35.1 Å². The Labute approximate surface area is 191 Å². The third-order valence-electron chi connectivity index (χ3n) is 5.46. The van der Waals surface area contributed by atoms with Crippen LogP contribution in [0.15, 0.2) is 60.3 Å². The van der Waals surface area contributed by atoms with E-state index in [1.54, 1.807) is 31.3 Å². The number of carbonyl (C=O) groups excluding carboxylic acids is 3. The number of amides is 4. The van der Waals surface area contributed by atoms with Crippen LogP contribution >= 0.6 is 11.6 Å². The topological polar surface area (TPSA) is 81.8 Å². The first-order chi connectivity index (χ1) is 15.6. The molecule has 0 aliphatic carbocycles. The maximum absolute atomic E-state index is 13.1. The van der Waals surface area contributed by atoms with Crippen molar-refractivity contribution in [2.75, 3.05) is 12.4 Å². The Morgan fingerprint density at radius 2 is 1.85 bits per heavy atom. The lowest BCUT2D eigenvalue weighted by Gasteiger charge is -2.37. The number of urea groups is 1. The van der Waals surface area contributed by atoms with E-state index >= 15 is 0 Å². The molecule has 2 N–H and O–H groups in total. The summed E-state index contributed by atoms with van der Waals surface area (Å²) in [6.07, 6.45) is -3.23. The van der Waals surface area contributed by atoms with E-state index in [-0.39, 0.29) is 22.8 Å². The molecule has 2 aromatic rings. The van der Waals surface area contributed by atoms with Crippen LogP contribution in [0.1, 0.15) is 11.1 Å². The number of nitrogens with one attached hydrogen (secondary N) is 2. The van der Waals surface area contributed by atoms with Crippen molar-refractivity contribution in [3.05, 3.63) is 76.5 Å². The average molecular weight is 479 g/mol. The fraction of sp³-hybridized carbons (Fsp3) is 0.227. The number of nitrogens with zero attached hydrogens (tertiary/aromatic N) is 2. The molecule has 2 aromatic carbocycles. The molecule has 172 valence electrons. The van der Waals surface area contributed by atoms with Crippen molar-refractivity contribution in [2.24, 2.45) is 0 Å². The molecule has 0 aromatic heterocycles. The second-order valence-electron chi connectivity index (χ2n) is 7.68. The standard InChI is InChI=1S/C22H18ClF3N4O3/c1-29-11-14(19(31)27-16-9-13(22(24,25)26)7-8-15(16)23)17-18(29)20(32)30(21(33)28-17)10-12-5-3-2-4-6-12/h2-9,11,17-18H,10H2,1H3,(H,27,31)(H,28,33). The van der Waals surface area contributed by atoms with Crippen LogP contribution < -0.4 is 10.6 Å². The van der Waals surface area contributed by atoms with Gasteiger partial charge in [0.15, 0.2) is 0 Å². The Bertz CT molecular complexity index is 1150. The lowest BCUT2D eigenvalue weighted by atomic mass is 9.99. The zero-order valence-electron chi connectivity index (χ0n) is 17.2. The molecule has 0 saturated carbocycles. The van der Waals surface area contributed by atoms with Crippen LogP contribution in [0.4, 0.5) is 23.7 Å². The van der Waals surface area contributed by atoms with E-state index in [4.69, 9.17) is 11.6 Å². The summed E-state index contributed by atoms with van der Waals surface area (Å²) in [5, 5.41) is 4.93. The van der Waals surface area contributed by atoms with Gasteiger partial charge in [-0.25, -0.2) is 4.79 Å². The molecule has 4 rings (SSSR count). The summed E-state index contributed by atoms with van der Waals surface area (Å²) in [5.41, 5.74) is -0.430. The van der Waals surface area contributed by atoms with Gasteiger partial charge in [-0.1, -0.05) is 41.9 Å². The van der Waals surface area contributed by atoms with Gasteiger partial charge in [-0.15, -0.1) is 0 Å². The number of hydrogen-bond donors (Lipinski definition) is 2. The highest BCUT2D eigenvalue weighted by Gasteiger charge is 2.49. The summed E-state index contributed by atoms with van der Waals surface area (Å²) in [7, 11) is 1.57. The number of alkyl halides is 3. The van der Waals surface area contributed by atoms with Crippen molar-refractivity contribution in [3.8, 4) is 0 Å². The van der Waals surface area contributed by atoms with Gasteiger partial charge in [0.2, 0.25) is 0 Å². The fourth-order valence-electron chi connectivity index (χ4n) is 3.84. The van der Waals surface area contributed by atoms with E-state index < -0.39 is 41.7 Å². The van der Waals surface area contributed by atoms with Gasteiger partial charge in [0.05, 0.1) is 34.4 Å². The van der Waals surface area contributed by atoms with E-state index in [9.17, 15) is 27.6 Å². The molecule has 1 saturated heterocycles. The molecule has 2 unspecified atom stereocenters. The molecule has 11 heteroatoms. The monoisotopic (exact) mass is 478 g/mol. The largest absolute Gasteiger partial charge is 0.416 e. The number of carbonyl (C=O) groups is 3. The Kier molecular flexibility index (Phi) is 5.79. The maximum atomic E-state index is 13.1. The van der Waals surface area contributed by atoms with Gasteiger partial charge in [0.25, 0.3) is 11.8 Å². The number of fused-ring (bicyclic) bond motifs is 1.